The molecule has 0 aromatic heterocycles. The fourth-order valence-electron chi connectivity index (χ4n) is 3.13. The van der Waals surface area contributed by atoms with Gasteiger partial charge in [0.1, 0.15) is 0 Å². The molecule has 2 amide bonds. The molecule has 0 saturated carbocycles. The first-order valence-corrected chi connectivity index (χ1v) is 7.84. The van der Waals surface area contributed by atoms with E-state index in [0.29, 0.717) is 0 Å². The molecule has 1 N–H and O–H groups in total. The summed E-state index contributed by atoms with van der Waals surface area (Å²) in [5.74, 6) is -2.42. The molecule has 132 valence electrons. The zero-order valence-electron chi connectivity index (χ0n) is 14.0. The number of anilines is 1. The molecule has 0 bridgehead atoms. The van der Waals surface area contributed by atoms with Crippen molar-refractivity contribution < 1.29 is 22.8 Å². The highest BCUT2D eigenvalue weighted by Gasteiger charge is 2.43. The summed E-state index contributed by atoms with van der Waals surface area (Å²) < 4.78 is 37.3. The molecule has 1 aliphatic rings. The van der Waals surface area contributed by atoms with E-state index in [1.165, 1.54) is 0 Å². The summed E-state index contributed by atoms with van der Waals surface area (Å²) in [7, 11) is 0. The number of nitrogens with one attached hydrogen (secondary N) is 1. The highest BCUT2D eigenvalue weighted by atomic mass is 19.4. The summed E-state index contributed by atoms with van der Waals surface area (Å²) in [6, 6.07) is 3.93. The Balaban J connectivity index is 1.98. The van der Waals surface area contributed by atoms with E-state index in [-0.39, 0.29) is 37.8 Å². The van der Waals surface area contributed by atoms with Crippen LogP contribution in [0.3, 0.4) is 0 Å². The lowest BCUT2D eigenvalue weighted by Gasteiger charge is -2.31. The SMILES string of the molecule is Cc1cc(C)c(NC(=O)C2CCN(C(=O)C(F)(F)F)CC2)c(C)c1. The van der Waals surface area contributed by atoms with Crippen LogP contribution in [-0.2, 0) is 9.59 Å². The molecule has 1 fully saturated rings. The van der Waals surface area contributed by atoms with Gasteiger partial charge in [-0.1, -0.05) is 17.7 Å². The van der Waals surface area contributed by atoms with Crippen molar-refractivity contribution in [3.05, 3.63) is 28.8 Å². The van der Waals surface area contributed by atoms with E-state index in [1.54, 1.807) is 0 Å². The Hall–Kier alpha value is -2.05. The van der Waals surface area contributed by atoms with Crippen LogP contribution in [0.25, 0.3) is 0 Å². The van der Waals surface area contributed by atoms with Gasteiger partial charge in [-0.2, -0.15) is 13.2 Å². The van der Waals surface area contributed by atoms with Crippen LogP contribution in [0.1, 0.15) is 29.5 Å². The lowest BCUT2D eigenvalue weighted by atomic mass is 9.95. The predicted molar refractivity (Wildman–Crippen MR) is 84.6 cm³/mol. The smallest absolute Gasteiger partial charge is 0.335 e. The Labute approximate surface area is 139 Å². The van der Waals surface area contributed by atoms with Gasteiger partial charge in [-0.25, -0.2) is 0 Å². The van der Waals surface area contributed by atoms with Crippen molar-refractivity contribution in [2.24, 2.45) is 5.92 Å². The maximum absolute atomic E-state index is 12.4. The molecule has 1 aromatic rings. The van der Waals surface area contributed by atoms with Gasteiger partial charge in [0.2, 0.25) is 5.91 Å². The van der Waals surface area contributed by atoms with Crippen LogP contribution in [0, 0.1) is 26.7 Å². The lowest BCUT2D eigenvalue weighted by molar-refractivity contribution is -0.186. The first-order chi connectivity index (χ1) is 11.1. The summed E-state index contributed by atoms with van der Waals surface area (Å²) in [5, 5.41) is 2.89. The van der Waals surface area contributed by atoms with Crippen LogP contribution in [0.15, 0.2) is 12.1 Å². The third-order valence-electron chi connectivity index (χ3n) is 4.32. The third-order valence-corrected chi connectivity index (χ3v) is 4.32. The second-order valence-electron chi connectivity index (χ2n) is 6.33. The minimum Gasteiger partial charge on any atom is -0.335 e. The number of piperidine rings is 1. The Morgan fingerprint density at radius 1 is 1.08 bits per heavy atom. The molecule has 7 heteroatoms. The molecule has 0 atom stereocenters. The predicted octanol–water partition coefficient (Wildman–Crippen LogP) is 3.35. The van der Waals surface area contributed by atoms with Gasteiger partial charge >= 0.3 is 12.1 Å². The second-order valence-corrected chi connectivity index (χ2v) is 6.33. The lowest BCUT2D eigenvalue weighted by Crippen LogP contribution is -2.46. The van der Waals surface area contributed by atoms with E-state index in [4.69, 9.17) is 0 Å². The first-order valence-electron chi connectivity index (χ1n) is 7.84. The average Bonchev–Trinajstić information content (AvgIpc) is 2.49. The zero-order chi connectivity index (χ0) is 18.1. The minimum atomic E-state index is -4.86. The van der Waals surface area contributed by atoms with E-state index in [9.17, 15) is 22.8 Å². The van der Waals surface area contributed by atoms with Gasteiger partial charge in [-0.05, 0) is 44.7 Å². The molecule has 0 unspecified atom stereocenters. The summed E-state index contributed by atoms with van der Waals surface area (Å²) in [4.78, 5) is 24.4. The number of halogens is 3. The molecule has 1 aliphatic heterocycles. The molecule has 0 spiro atoms. The molecule has 1 saturated heterocycles. The molecule has 0 aliphatic carbocycles. The minimum absolute atomic E-state index is 0.0533. The van der Waals surface area contributed by atoms with Gasteiger partial charge in [0.05, 0.1) is 0 Å². The number of amides is 2. The van der Waals surface area contributed by atoms with E-state index in [1.807, 2.05) is 32.9 Å². The largest absolute Gasteiger partial charge is 0.471 e. The number of likely N-dealkylation sites (tertiary alicyclic amines) is 1. The van der Waals surface area contributed by atoms with Crippen molar-refractivity contribution in [3.63, 3.8) is 0 Å². The van der Waals surface area contributed by atoms with Gasteiger partial charge in [-0.15, -0.1) is 0 Å². The number of nitrogens with zero attached hydrogens (tertiary/aromatic N) is 1. The van der Waals surface area contributed by atoms with Crippen molar-refractivity contribution in [1.82, 2.24) is 4.90 Å². The second kappa shape index (κ2) is 6.83. The normalized spacial score (nSPS) is 16.2. The van der Waals surface area contributed by atoms with Gasteiger partial charge in [0.25, 0.3) is 0 Å². The van der Waals surface area contributed by atoms with Crippen molar-refractivity contribution in [2.45, 2.75) is 39.8 Å². The molecule has 24 heavy (non-hydrogen) atoms. The molecule has 2 rings (SSSR count). The highest BCUT2D eigenvalue weighted by Crippen LogP contribution is 2.27. The summed E-state index contributed by atoms with van der Waals surface area (Å²) >= 11 is 0. The first kappa shape index (κ1) is 18.3. The van der Waals surface area contributed by atoms with E-state index in [2.05, 4.69) is 5.32 Å². The summed E-state index contributed by atoms with van der Waals surface area (Å²) in [6.45, 7) is 5.67. The zero-order valence-corrected chi connectivity index (χ0v) is 14.0. The number of carbonyl (C=O) groups excluding carboxylic acids is 2. The summed E-state index contributed by atoms with van der Waals surface area (Å²) in [5.41, 5.74) is 3.75. The van der Waals surface area contributed by atoms with Crippen LogP contribution in [-0.4, -0.2) is 36.0 Å². The number of carbonyl (C=O) groups is 2. The van der Waals surface area contributed by atoms with Crippen molar-refractivity contribution in [1.29, 1.82) is 0 Å². The molecular formula is C17H21F3N2O2. The maximum Gasteiger partial charge on any atom is 0.471 e. The number of benzene rings is 1. The average molecular weight is 342 g/mol. The summed E-state index contributed by atoms with van der Waals surface area (Å²) in [6.07, 6.45) is -4.39. The maximum atomic E-state index is 12.4. The number of aryl methyl sites for hydroxylation is 3. The number of hydrogen-bond donors (Lipinski definition) is 1. The van der Waals surface area contributed by atoms with Gasteiger partial charge in [0.15, 0.2) is 0 Å². The van der Waals surface area contributed by atoms with Crippen LogP contribution < -0.4 is 5.32 Å². The Morgan fingerprint density at radius 3 is 2.04 bits per heavy atom. The number of alkyl halides is 3. The Morgan fingerprint density at radius 2 is 1.58 bits per heavy atom. The quantitative estimate of drug-likeness (QED) is 0.896. The van der Waals surface area contributed by atoms with Crippen molar-refractivity contribution in [3.8, 4) is 0 Å². The van der Waals surface area contributed by atoms with E-state index < -0.39 is 12.1 Å². The van der Waals surface area contributed by atoms with Crippen LogP contribution >= 0.6 is 0 Å². The molecule has 1 heterocycles. The number of rotatable bonds is 2. The fraction of sp³-hybridized carbons (Fsp3) is 0.529. The number of hydrogen-bond acceptors (Lipinski definition) is 2. The van der Waals surface area contributed by atoms with Gasteiger partial charge in [0, 0.05) is 24.7 Å². The van der Waals surface area contributed by atoms with Crippen LogP contribution in [0.2, 0.25) is 0 Å². The van der Waals surface area contributed by atoms with Crippen molar-refractivity contribution in [2.75, 3.05) is 18.4 Å². The third kappa shape index (κ3) is 4.07. The topological polar surface area (TPSA) is 49.4 Å². The Kier molecular flexibility index (Phi) is 5.20. The van der Waals surface area contributed by atoms with E-state index >= 15 is 0 Å². The van der Waals surface area contributed by atoms with Crippen LogP contribution in [0.4, 0.5) is 18.9 Å². The molecule has 0 radical (unpaired) electrons. The fourth-order valence-corrected chi connectivity index (χ4v) is 3.13. The van der Waals surface area contributed by atoms with E-state index in [0.717, 1.165) is 27.3 Å². The molecule has 1 aromatic carbocycles. The van der Waals surface area contributed by atoms with Gasteiger partial charge < -0.3 is 10.2 Å². The van der Waals surface area contributed by atoms with Crippen molar-refractivity contribution >= 4 is 17.5 Å². The standard InChI is InChI=1S/C17H21F3N2O2/c1-10-8-11(2)14(12(3)9-10)21-15(23)13-4-6-22(7-5-13)16(24)17(18,19)20/h8-9,13H,4-7H2,1-3H3,(H,21,23). The highest BCUT2D eigenvalue weighted by molar-refractivity contribution is 5.94. The molecular weight excluding hydrogens is 321 g/mol. The van der Waals surface area contributed by atoms with Gasteiger partial charge in [-0.3, -0.25) is 9.59 Å². The molecule has 4 nitrogen and oxygen atoms in total. The van der Waals surface area contributed by atoms with Crippen LogP contribution in [0.5, 0.6) is 0 Å². The monoisotopic (exact) mass is 342 g/mol. The Bertz CT molecular complexity index is 625.